The summed E-state index contributed by atoms with van der Waals surface area (Å²) < 4.78 is 0. The quantitative estimate of drug-likeness (QED) is 0.376. The lowest BCUT2D eigenvalue weighted by atomic mass is 9.98. The molecule has 146 valence electrons. The van der Waals surface area contributed by atoms with Crippen LogP contribution in [-0.2, 0) is 4.79 Å². The van der Waals surface area contributed by atoms with Gasteiger partial charge < -0.3 is 10.3 Å². The molecule has 1 amide bonds. The van der Waals surface area contributed by atoms with Crippen molar-refractivity contribution < 1.29 is 4.79 Å². The van der Waals surface area contributed by atoms with Gasteiger partial charge >= 0.3 is 0 Å². The number of rotatable bonds is 6. The van der Waals surface area contributed by atoms with Gasteiger partial charge in [0.15, 0.2) is 5.16 Å². The van der Waals surface area contributed by atoms with E-state index in [1.54, 1.807) is 6.33 Å². The Labute approximate surface area is 173 Å². The number of hydrogen-bond acceptors (Lipinski definition) is 5. The molecule has 0 saturated carbocycles. The van der Waals surface area contributed by atoms with Gasteiger partial charge in [-0.3, -0.25) is 4.79 Å². The number of carbonyl (C=O) groups excluding carboxylic acids is 1. The number of fused-ring (bicyclic) bond motifs is 1. The van der Waals surface area contributed by atoms with Gasteiger partial charge in [-0.25, -0.2) is 15.0 Å². The minimum atomic E-state index is -0.253. The number of carbonyl (C=O) groups is 1. The smallest absolute Gasteiger partial charge is 0.231 e. The highest BCUT2D eigenvalue weighted by molar-refractivity contribution is 7.99. The van der Waals surface area contributed by atoms with Crippen molar-refractivity contribution >= 4 is 28.7 Å². The molecule has 0 radical (unpaired) electrons. The van der Waals surface area contributed by atoms with Gasteiger partial charge in [-0.2, -0.15) is 0 Å². The zero-order valence-electron chi connectivity index (χ0n) is 16.2. The molecule has 2 N–H and O–H groups in total. The Kier molecular flexibility index (Phi) is 5.57. The van der Waals surface area contributed by atoms with E-state index in [1.165, 1.54) is 11.8 Å². The van der Waals surface area contributed by atoms with Crippen molar-refractivity contribution in [2.24, 2.45) is 0 Å². The maximum Gasteiger partial charge on any atom is 0.231 e. The Balaban J connectivity index is 1.54. The standard InChI is InChI=1S/C22H21N5OS/c1-14-10-15(2)26-22(25-14)29-12-20(28)27-21(16-6-4-3-5-7-16)17-8-9-18-19(11-17)24-13-23-18/h3-11,13,21H,12H2,1-2H3,(H,23,24)(H,27,28). The highest BCUT2D eigenvalue weighted by atomic mass is 32.2. The molecular weight excluding hydrogens is 382 g/mol. The summed E-state index contributed by atoms with van der Waals surface area (Å²) >= 11 is 1.34. The number of nitrogens with zero attached hydrogens (tertiary/aromatic N) is 3. The monoisotopic (exact) mass is 403 g/mol. The SMILES string of the molecule is Cc1cc(C)nc(SCC(=O)NC(c2ccccc2)c2ccc3nc[nH]c3c2)n1. The number of nitrogens with one attached hydrogen (secondary N) is 2. The second kappa shape index (κ2) is 8.45. The zero-order valence-corrected chi connectivity index (χ0v) is 17.0. The maximum atomic E-state index is 12.7. The topological polar surface area (TPSA) is 83.6 Å². The van der Waals surface area contributed by atoms with E-state index < -0.39 is 0 Å². The molecule has 6 nitrogen and oxygen atoms in total. The van der Waals surface area contributed by atoms with Crippen LogP contribution in [0.15, 0.2) is 66.1 Å². The van der Waals surface area contributed by atoms with Gasteiger partial charge in [-0.15, -0.1) is 0 Å². The fourth-order valence-electron chi connectivity index (χ4n) is 3.23. The molecule has 0 aliphatic carbocycles. The van der Waals surface area contributed by atoms with E-state index >= 15 is 0 Å². The molecule has 0 aliphatic rings. The first-order valence-corrected chi connectivity index (χ1v) is 10.3. The van der Waals surface area contributed by atoms with Gasteiger partial charge in [-0.1, -0.05) is 48.2 Å². The largest absolute Gasteiger partial charge is 0.345 e. The Morgan fingerprint density at radius 3 is 2.55 bits per heavy atom. The van der Waals surface area contributed by atoms with Crippen molar-refractivity contribution in [1.29, 1.82) is 0 Å². The van der Waals surface area contributed by atoms with Crippen LogP contribution in [-0.4, -0.2) is 31.6 Å². The molecule has 0 spiro atoms. The molecule has 4 rings (SSSR count). The molecule has 0 bridgehead atoms. The number of thioether (sulfide) groups is 1. The third-order valence-corrected chi connectivity index (χ3v) is 5.36. The molecule has 2 aromatic heterocycles. The molecule has 2 aromatic carbocycles. The average molecular weight is 404 g/mol. The van der Waals surface area contributed by atoms with E-state index in [4.69, 9.17) is 0 Å². The summed E-state index contributed by atoms with van der Waals surface area (Å²) in [5, 5.41) is 3.77. The summed E-state index contributed by atoms with van der Waals surface area (Å²) in [6.07, 6.45) is 1.67. The first-order valence-electron chi connectivity index (χ1n) is 9.31. The summed E-state index contributed by atoms with van der Waals surface area (Å²) in [5.41, 5.74) is 5.65. The highest BCUT2D eigenvalue weighted by Crippen LogP contribution is 2.25. The van der Waals surface area contributed by atoms with Gasteiger partial charge in [0.2, 0.25) is 5.91 Å². The number of aromatic amines is 1. The minimum Gasteiger partial charge on any atom is -0.345 e. The van der Waals surface area contributed by atoms with Crippen LogP contribution in [0.1, 0.15) is 28.6 Å². The molecule has 2 heterocycles. The summed E-state index contributed by atoms with van der Waals surface area (Å²) in [7, 11) is 0. The predicted molar refractivity (Wildman–Crippen MR) is 115 cm³/mol. The second-order valence-electron chi connectivity index (χ2n) is 6.81. The van der Waals surface area contributed by atoms with E-state index in [1.807, 2.05) is 68.4 Å². The highest BCUT2D eigenvalue weighted by Gasteiger charge is 2.18. The summed E-state index contributed by atoms with van der Waals surface area (Å²) in [6.45, 7) is 3.85. The minimum absolute atomic E-state index is 0.0729. The van der Waals surface area contributed by atoms with Crippen molar-refractivity contribution in [2.45, 2.75) is 25.0 Å². The normalized spacial score (nSPS) is 12.1. The van der Waals surface area contributed by atoms with Crippen molar-refractivity contribution in [3.8, 4) is 0 Å². The Hall–Kier alpha value is -3.19. The maximum absolute atomic E-state index is 12.7. The number of H-pyrrole nitrogens is 1. The molecule has 29 heavy (non-hydrogen) atoms. The van der Waals surface area contributed by atoms with E-state index in [-0.39, 0.29) is 17.7 Å². The van der Waals surface area contributed by atoms with Crippen molar-refractivity contribution in [2.75, 3.05) is 5.75 Å². The van der Waals surface area contributed by atoms with E-state index in [0.29, 0.717) is 5.16 Å². The third kappa shape index (κ3) is 4.63. The fourth-order valence-corrected chi connectivity index (χ4v) is 3.99. The predicted octanol–water partition coefficient (Wildman–Crippen LogP) is 3.97. The van der Waals surface area contributed by atoms with Crippen LogP contribution >= 0.6 is 11.8 Å². The molecular formula is C22H21N5OS. The van der Waals surface area contributed by atoms with E-state index in [9.17, 15) is 4.79 Å². The van der Waals surface area contributed by atoms with Crippen LogP contribution in [0, 0.1) is 13.8 Å². The number of aryl methyl sites for hydroxylation is 2. The first kappa shape index (κ1) is 19.1. The van der Waals surface area contributed by atoms with E-state index in [2.05, 4.69) is 25.3 Å². The lowest BCUT2D eigenvalue weighted by molar-refractivity contribution is -0.119. The number of imidazole rings is 1. The van der Waals surface area contributed by atoms with Crippen molar-refractivity contribution in [3.05, 3.63) is 83.4 Å². The van der Waals surface area contributed by atoms with Crippen LogP contribution in [0.2, 0.25) is 0 Å². The third-order valence-electron chi connectivity index (χ3n) is 4.51. The van der Waals surface area contributed by atoms with Crippen LogP contribution in [0.4, 0.5) is 0 Å². The van der Waals surface area contributed by atoms with Gasteiger partial charge in [0.25, 0.3) is 0 Å². The summed E-state index contributed by atoms with van der Waals surface area (Å²) in [4.78, 5) is 28.9. The van der Waals surface area contributed by atoms with Crippen LogP contribution < -0.4 is 5.32 Å². The fraction of sp³-hybridized carbons (Fsp3) is 0.182. The van der Waals surface area contributed by atoms with Crippen LogP contribution in [0.3, 0.4) is 0 Å². The molecule has 0 saturated heterocycles. The molecule has 0 aliphatic heterocycles. The second-order valence-corrected chi connectivity index (χ2v) is 7.75. The van der Waals surface area contributed by atoms with E-state index in [0.717, 1.165) is 33.5 Å². The molecule has 4 aromatic rings. The molecule has 1 atom stereocenters. The van der Waals surface area contributed by atoms with Crippen molar-refractivity contribution in [1.82, 2.24) is 25.3 Å². The van der Waals surface area contributed by atoms with Gasteiger partial charge in [0.1, 0.15) is 0 Å². The number of benzene rings is 2. The lowest BCUT2D eigenvalue weighted by Gasteiger charge is -2.20. The van der Waals surface area contributed by atoms with Crippen LogP contribution in [0.25, 0.3) is 11.0 Å². The number of aromatic nitrogens is 4. The zero-order chi connectivity index (χ0) is 20.2. The summed E-state index contributed by atoms with van der Waals surface area (Å²) in [5.74, 6) is 0.176. The van der Waals surface area contributed by atoms with Crippen LogP contribution in [0.5, 0.6) is 0 Å². The lowest BCUT2D eigenvalue weighted by Crippen LogP contribution is -2.30. The molecule has 7 heteroatoms. The van der Waals surface area contributed by atoms with Gasteiger partial charge in [0.05, 0.1) is 29.2 Å². The Morgan fingerprint density at radius 2 is 1.79 bits per heavy atom. The van der Waals surface area contributed by atoms with Gasteiger partial charge in [0, 0.05) is 11.4 Å². The Bertz CT molecular complexity index is 1120. The first-order chi connectivity index (χ1) is 14.1. The number of amides is 1. The molecule has 1 unspecified atom stereocenters. The Morgan fingerprint density at radius 1 is 1.03 bits per heavy atom. The molecule has 0 fully saturated rings. The van der Waals surface area contributed by atoms with Crippen molar-refractivity contribution in [3.63, 3.8) is 0 Å². The summed E-state index contributed by atoms with van der Waals surface area (Å²) in [6, 6.07) is 17.6. The number of hydrogen-bond donors (Lipinski definition) is 2. The average Bonchev–Trinajstić information content (AvgIpc) is 3.18. The van der Waals surface area contributed by atoms with Gasteiger partial charge in [-0.05, 0) is 43.2 Å².